The highest BCUT2D eigenvalue weighted by Gasteiger charge is 2.27. The van der Waals surface area contributed by atoms with Crippen molar-refractivity contribution in [3.63, 3.8) is 0 Å². The van der Waals surface area contributed by atoms with E-state index in [2.05, 4.69) is 0 Å². The van der Waals surface area contributed by atoms with E-state index in [4.69, 9.17) is 4.74 Å². The highest BCUT2D eigenvalue weighted by atomic mass is 32.2. The Hall–Kier alpha value is -1.82. The van der Waals surface area contributed by atoms with Crippen molar-refractivity contribution in [3.05, 3.63) is 41.8 Å². The van der Waals surface area contributed by atoms with Gasteiger partial charge in [-0.05, 0) is 18.2 Å². The third-order valence-electron chi connectivity index (χ3n) is 3.04. The van der Waals surface area contributed by atoms with Crippen molar-refractivity contribution < 1.29 is 17.9 Å². The molecule has 0 fully saturated rings. The number of sulfone groups is 1. The highest BCUT2D eigenvalue weighted by molar-refractivity contribution is 7.94. The van der Waals surface area contributed by atoms with Crippen LogP contribution >= 0.6 is 0 Å². The van der Waals surface area contributed by atoms with Gasteiger partial charge in [-0.1, -0.05) is 18.2 Å². The normalized spacial score (nSPS) is 19.8. The molecule has 0 spiro atoms. The molecule has 0 bridgehead atoms. The topological polar surface area (TPSA) is 63.7 Å². The Morgan fingerprint density at radius 3 is 2.60 bits per heavy atom. The third kappa shape index (κ3) is 3.84. The molecule has 1 aromatic rings. The third-order valence-corrected chi connectivity index (χ3v) is 4.41. The molecule has 0 aromatic heterocycles. The van der Waals surface area contributed by atoms with E-state index in [-0.39, 0.29) is 24.4 Å². The molecule has 0 N–H and O–H groups in total. The molecule has 0 radical (unpaired) electrons. The first-order chi connectivity index (χ1) is 9.48. The van der Waals surface area contributed by atoms with Crippen LogP contribution in [-0.2, 0) is 19.4 Å². The number of anilines is 1. The van der Waals surface area contributed by atoms with E-state index in [0.717, 1.165) is 5.69 Å². The van der Waals surface area contributed by atoms with Crippen molar-refractivity contribution in [1.29, 1.82) is 0 Å². The second-order valence-electron chi connectivity index (χ2n) is 4.59. The first-order valence-corrected chi connectivity index (χ1v) is 8.05. The molecule has 108 valence electrons. The number of esters is 1. The number of nitrogens with zero attached hydrogens (tertiary/aromatic N) is 1. The van der Waals surface area contributed by atoms with Crippen LogP contribution in [0.2, 0.25) is 0 Å². The van der Waals surface area contributed by atoms with Gasteiger partial charge in [0.1, 0.15) is 6.61 Å². The standard InChI is InChI=1S/C14H17NO4S/c1-12(16)19-9-8-15(13-5-3-2-4-6-13)14-7-10-20(17,18)11-14/h2-7,10,14H,8-9,11H2,1H3. The minimum Gasteiger partial charge on any atom is -0.464 e. The molecule has 2 rings (SSSR count). The van der Waals surface area contributed by atoms with Gasteiger partial charge >= 0.3 is 5.97 Å². The quantitative estimate of drug-likeness (QED) is 0.768. The monoisotopic (exact) mass is 295 g/mol. The Bertz CT molecular complexity index is 595. The zero-order chi connectivity index (χ0) is 14.6. The lowest BCUT2D eigenvalue weighted by Gasteiger charge is -2.29. The van der Waals surface area contributed by atoms with Crippen molar-refractivity contribution in [3.8, 4) is 0 Å². The van der Waals surface area contributed by atoms with Gasteiger partial charge in [0.2, 0.25) is 0 Å². The summed E-state index contributed by atoms with van der Waals surface area (Å²) in [5.41, 5.74) is 0.909. The maximum absolute atomic E-state index is 11.6. The zero-order valence-electron chi connectivity index (χ0n) is 11.2. The van der Waals surface area contributed by atoms with Crippen molar-refractivity contribution >= 4 is 21.5 Å². The average Bonchev–Trinajstić information content (AvgIpc) is 2.75. The number of rotatable bonds is 5. The Morgan fingerprint density at radius 1 is 1.35 bits per heavy atom. The fourth-order valence-electron chi connectivity index (χ4n) is 2.15. The predicted octanol–water partition coefficient (Wildman–Crippen LogP) is 1.37. The van der Waals surface area contributed by atoms with Gasteiger partial charge in [0.25, 0.3) is 0 Å². The summed E-state index contributed by atoms with van der Waals surface area (Å²) in [6.45, 7) is 2.04. The lowest BCUT2D eigenvalue weighted by molar-refractivity contribution is -0.140. The van der Waals surface area contributed by atoms with Crippen LogP contribution in [0.1, 0.15) is 6.92 Å². The van der Waals surface area contributed by atoms with Crippen LogP contribution in [0.3, 0.4) is 0 Å². The molecule has 0 amide bonds. The molecule has 1 aliphatic heterocycles. The van der Waals surface area contributed by atoms with Gasteiger partial charge in [0, 0.05) is 18.0 Å². The average molecular weight is 295 g/mol. The lowest BCUT2D eigenvalue weighted by Crippen LogP contribution is -2.38. The van der Waals surface area contributed by atoms with E-state index in [1.54, 1.807) is 6.08 Å². The lowest BCUT2D eigenvalue weighted by atomic mass is 10.2. The molecule has 1 aliphatic rings. The van der Waals surface area contributed by atoms with Gasteiger partial charge in [-0.25, -0.2) is 8.42 Å². The fraction of sp³-hybridized carbons (Fsp3) is 0.357. The van der Waals surface area contributed by atoms with Crippen LogP contribution in [-0.4, -0.2) is 39.3 Å². The Morgan fingerprint density at radius 2 is 2.05 bits per heavy atom. The fourth-order valence-corrected chi connectivity index (χ4v) is 3.45. The van der Waals surface area contributed by atoms with Crippen LogP contribution in [0.4, 0.5) is 5.69 Å². The molecule has 1 heterocycles. The molecular weight excluding hydrogens is 278 g/mol. The van der Waals surface area contributed by atoms with Crippen LogP contribution in [0.15, 0.2) is 41.8 Å². The van der Waals surface area contributed by atoms with Crippen molar-refractivity contribution in [2.45, 2.75) is 13.0 Å². The highest BCUT2D eigenvalue weighted by Crippen LogP contribution is 2.22. The summed E-state index contributed by atoms with van der Waals surface area (Å²) in [7, 11) is -3.12. The molecule has 0 aliphatic carbocycles. The summed E-state index contributed by atoms with van der Waals surface area (Å²) in [6.07, 6.45) is 1.68. The number of carbonyl (C=O) groups excluding carboxylic acids is 1. The van der Waals surface area contributed by atoms with Crippen LogP contribution < -0.4 is 4.90 Å². The van der Waals surface area contributed by atoms with E-state index in [9.17, 15) is 13.2 Å². The van der Waals surface area contributed by atoms with Gasteiger partial charge in [0.15, 0.2) is 9.84 Å². The summed E-state index contributed by atoms with van der Waals surface area (Å²) >= 11 is 0. The number of ether oxygens (including phenoxy) is 1. The van der Waals surface area contributed by atoms with Crippen molar-refractivity contribution in [2.75, 3.05) is 23.8 Å². The minimum atomic E-state index is -3.12. The molecule has 1 unspecified atom stereocenters. The van der Waals surface area contributed by atoms with Gasteiger partial charge < -0.3 is 9.64 Å². The largest absolute Gasteiger partial charge is 0.464 e. The van der Waals surface area contributed by atoms with Gasteiger partial charge in [-0.3, -0.25) is 4.79 Å². The summed E-state index contributed by atoms with van der Waals surface area (Å²) < 4.78 is 28.1. The number of hydrogen-bond donors (Lipinski definition) is 0. The van der Waals surface area contributed by atoms with Crippen LogP contribution in [0, 0.1) is 0 Å². The number of hydrogen-bond acceptors (Lipinski definition) is 5. The Balaban J connectivity index is 2.13. The number of para-hydroxylation sites is 1. The number of carbonyl (C=O) groups is 1. The predicted molar refractivity (Wildman–Crippen MR) is 77.1 cm³/mol. The SMILES string of the molecule is CC(=O)OCCN(c1ccccc1)C1C=CS(=O)(=O)C1. The van der Waals surface area contributed by atoms with E-state index >= 15 is 0 Å². The molecule has 0 saturated heterocycles. The van der Waals surface area contributed by atoms with Crippen molar-refractivity contribution in [1.82, 2.24) is 0 Å². The van der Waals surface area contributed by atoms with Crippen molar-refractivity contribution in [2.24, 2.45) is 0 Å². The van der Waals surface area contributed by atoms with E-state index in [0.29, 0.717) is 6.54 Å². The van der Waals surface area contributed by atoms with Crippen LogP contribution in [0.25, 0.3) is 0 Å². The minimum absolute atomic E-state index is 0.0575. The second kappa shape index (κ2) is 6.09. The Labute approximate surface area is 118 Å². The zero-order valence-corrected chi connectivity index (χ0v) is 12.0. The summed E-state index contributed by atoms with van der Waals surface area (Å²) in [5, 5.41) is 1.25. The van der Waals surface area contributed by atoms with Gasteiger partial charge in [-0.15, -0.1) is 0 Å². The van der Waals surface area contributed by atoms with E-state index < -0.39 is 9.84 Å². The molecular formula is C14H17NO4S. The summed E-state index contributed by atoms with van der Waals surface area (Å²) in [5.74, 6) is -0.283. The second-order valence-corrected chi connectivity index (χ2v) is 6.53. The summed E-state index contributed by atoms with van der Waals surface area (Å²) in [4.78, 5) is 12.8. The molecule has 5 nitrogen and oxygen atoms in total. The van der Waals surface area contributed by atoms with Gasteiger partial charge in [-0.2, -0.15) is 0 Å². The number of benzene rings is 1. The smallest absolute Gasteiger partial charge is 0.302 e. The molecule has 0 saturated carbocycles. The maximum Gasteiger partial charge on any atom is 0.302 e. The Kier molecular flexibility index (Phi) is 4.44. The van der Waals surface area contributed by atoms with E-state index in [1.165, 1.54) is 12.3 Å². The first kappa shape index (κ1) is 14.6. The van der Waals surface area contributed by atoms with E-state index in [1.807, 2.05) is 35.2 Å². The first-order valence-electron chi connectivity index (χ1n) is 6.34. The van der Waals surface area contributed by atoms with Crippen LogP contribution in [0.5, 0.6) is 0 Å². The summed E-state index contributed by atoms with van der Waals surface area (Å²) in [6, 6.07) is 9.27. The molecule has 20 heavy (non-hydrogen) atoms. The molecule has 1 aromatic carbocycles. The molecule has 1 atom stereocenters. The maximum atomic E-state index is 11.6. The molecule has 6 heteroatoms. The van der Waals surface area contributed by atoms with Gasteiger partial charge in [0.05, 0.1) is 18.3 Å².